The summed E-state index contributed by atoms with van der Waals surface area (Å²) in [6, 6.07) is 5.10. The van der Waals surface area contributed by atoms with Crippen molar-refractivity contribution in [1.82, 2.24) is 4.72 Å². The van der Waals surface area contributed by atoms with Gasteiger partial charge in [-0.05, 0) is 36.6 Å². The van der Waals surface area contributed by atoms with E-state index < -0.39 is 10.0 Å². The van der Waals surface area contributed by atoms with Crippen LogP contribution in [0.3, 0.4) is 0 Å². The third-order valence-corrected chi connectivity index (χ3v) is 5.13. The van der Waals surface area contributed by atoms with Gasteiger partial charge in [0.05, 0.1) is 4.90 Å². The molecule has 0 heterocycles. The van der Waals surface area contributed by atoms with Crippen molar-refractivity contribution in [2.75, 3.05) is 6.54 Å². The van der Waals surface area contributed by atoms with Crippen LogP contribution < -0.4 is 10.5 Å². The molecule has 3 N–H and O–H groups in total. The van der Waals surface area contributed by atoms with Crippen molar-refractivity contribution in [1.29, 1.82) is 0 Å². The zero-order chi connectivity index (χ0) is 15.7. The summed E-state index contributed by atoms with van der Waals surface area (Å²) in [5.74, 6) is 0. The van der Waals surface area contributed by atoms with Crippen LogP contribution in [0, 0.1) is 6.92 Å². The van der Waals surface area contributed by atoms with Crippen LogP contribution >= 0.6 is 0 Å². The fourth-order valence-corrected chi connectivity index (χ4v) is 3.42. The molecule has 120 valence electrons. The van der Waals surface area contributed by atoms with Gasteiger partial charge in [-0.2, -0.15) is 0 Å². The number of benzene rings is 1. The molecule has 0 radical (unpaired) electrons. The summed E-state index contributed by atoms with van der Waals surface area (Å²) in [4.78, 5) is 0.322. The Bertz CT molecular complexity index is 527. The molecule has 0 fully saturated rings. The van der Waals surface area contributed by atoms with E-state index in [1.807, 2.05) is 6.92 Å². The van der Waals surface area contributed by atoms with E-state index in [-0.39, 0.29) is 0 Å². The average molecular weight is 312 g/mol. The Hall–Kier alpha value is -0.910. The molecular formula is C16H28N2O2S. The van der Waals surface area contributed by atoms with Crippen molar-refractivity contribution in [3.63, 3.8) is 0 Å². The number of hydrogen-bond acceptors (Lipinski definition) is 3. The molecule has 0 aliphatic heterocycles. The zero-order valence-electron chi connectivity index (χ0n) is 13.2. The fraction of sp³-hybridized carbons (Fsp3) is 0.625. The maximum absolute atomic E-state index is 12.2. The number of rotatable bonds is 10. The topological polar surface area (TPSA) is 72.2 Å². The first-order valence-electron chi connectivity index (χ1n) is 7.80. The molecule has 0 atom stereocenters. The molecule has 1 rings (SSSR count). The predicted molar refractivity (Wildman–Crippen MR) is 87.6 cm³/mol. The van der Waals surface area contributed by atoms with Gasteiger partial charge in [-0.15, -0.1) is 0 Å². The van der Waals surface area contributed by atoms with Crippen molar-refractivity contribution in [3.8, 4) is 0 Å². The van der Waals surface area contributed by atoms with Gasteiger partial charge >= 0.3 is 0 Å². The highest BCUT2D eigenvalue weighted by molar-refractivity contribution is 7.89. The van der Waals surface area contributed by atoms with Crippen LogP contribution in [-0.2, 0) is 16.6 Å². The van der Waals surface area contributed by atoms with Gasteiger partial charge in [-0.25, -0.2) is 13.1 Å². The lowest BCUT2D eigenvalue weighted by atomic mass is 10.1. The number of nitrogens with two attached hydrogens (primary N) is 1. The Morgan fingerprint density at radius 2 is 1.76 bits per heavy atom. The number of nitrogens with one attached hydrogen (secondary N) is 1. The number of aryl methyl sites for hydroxylation is 1. The third-order valence-electron chi connectivity index (χ3n) is 3.67. The minimum atomic E-state index is -3.40. The maximum Gasteiger partial charge on any atom is 0.240 e. The lowest BCUT2D eigenvalue weighted by molar-refractivity contribution is 0.567. The Morgan fingerprint density at radius 3 is 2.38 bits per heavy atom. The van der Waals surface area contributed by atoms with Gasteiger partial charge in [-0.1, -0.05) is 45.1 Å². The van der Waals surface area contributed by atoms with Gasteiger partial charge < -0.3 is 5.73 Å². The highest BCUT2D eigenvalue weighted by atomic mass is 32.2. The molecule has 4 nitrogen and oxygen atoms in total. The number of sulfonamides is 1. The number of unbranched alkanes of at least 4 members (excludes halogenated alkanes) is 5. The van der Waals surface area contributed by atoms with Crippen LogP contribution in [0.5, 0.6) is 0 Å². The third kappa shape index (κ3) is 6.16. The quantitative estimate of drug-likeness (QED) is 0.652. The van der Waals surface area contributed by atoms with Crippen LogP contribution in [0.25, 0.3) is 0 Å². The molecular weight excluding hydrogens is 284 g/mol. The van der Waals surface area contributed by atoms with Gasteiger partial charge in [0.2, 0.25) is 10.0 Å². The second kappa shape index (κ2) is 9.18. The second-order valence-corrected chi connectivity index (χ2v) is 7.22. The Kier molecular flexibility index (Phi) is 7.93. The largest absolute Gasteiger partial charge is 0.326 e. The molecule has 0 aliphatic carbocycles. The minimum absolute atomic E-state index is 0.322. The van der Waals surface area contributed by atoms with Crippen LogP contribution in [0.15, 0.2) is 23.1 Å². The highest BCUT2D eigenvalue weighted by Gasteiger charge is 2.14. The Morgan fingerprint density at radius 1 is 1.10 bits per heavy atom. The van der Waals surface area contributed by atoms with Gasteiger partial charge in [0.1, 0.15) is 0 Å². The summed E-state index contributed by atoms with van der Waals surface area (Å²) in [5.41, 5.74) is 7.49. The van der Waals surface area contributed by atoms with E-state index in [2.05, 4.69) is 11.6 Å². The SMILES string of the molecule is CCCCCCCCNS(=O)(=O)c1ccc(CN)c(C)c1. The van der Waals surface area contributed by atoms with E-state index in [1.165, 1.54) is 25.7 Å². The Balaban J connectivity index is 2.45. The molecule has 0 bridgehead atoms. The van der Waals surface area contributed by atoms with E-state index in [0.29, 0.717) is 18.0 Å². The first-order valence-corrected chi connectivity index (χ1v) is 9.29. The standard InChI is InChI=1S/C16H28N2O2S/c1-3-4-5-6-7-8-11-18-21(19,20)16-10-9-15(13-17)14(2)12-16/h9-10,12,18H,3-8,11,13,17H2,1-2H3. The lowest BCUT2D eigenvalue weighted by Gasteiger charge is -2.09. The molecule has 0 saturated carbocycles. The summed E-state index contributed by atoms with van der Waals surface area (Å²) in [6.07, 6.45) is 6.88. The van der Waals surface area contributed by atoms with E-state index in [1.54, 1.807) is 18.2 Å². The van der Waals surface area contributed by atoms with Crippen LogP contribution in [0.1, 0.15) is 56.6 Å². The highest BCUT2D eigenvalue weighted by Crippen LogP contribution is 2.15. The average Bonchev–Trinajstić information content (AvgIpc) is 2.46. The molecule has 0 aromatic heterocycles. The molecule has 1 aromatic carbocycles. The van der Waals surface area contributed by atoms with Crippen LogP contribution in [-0.4, -0.2) is 15.0 Å². The van der Waals surface area contributed by atoms with Gasteiger partial charge in [0.25, 0.3) is 0 Å². The Labute approximate surface area is 129 Å². The van der Waals surface area contributed by atoms with Crippen LogP contribution in [0.2, 0.25) is 0 Å². The molecule has 0 saturated heterocycles. The summed E-state index contributed by atoms with van der Waals surface area (Å²) in [7, 11) is -3.40. The van der Waals surface area contributed by atoms with Crippen LogP contribution in [0.4, 0.5) is 0 Å². The summed E-state index contributed by atoms with van der Waals surface area (Å²) < 4.78 is 27.0. The van der Waals surface area contributed by atoms with Crippen molar-refractivity contribution < 1.29 is 8.42 Å². The monoisotopic (exact) mass is 312 g/mol. The zero-order valence-corrected chi connectivity index (χ0v) is 14.0. The second-order valence-electron chi connectivity index (χ2n) is 5.46. The lowest BCUT2D eigenvalue weighted by Crippen LogP contribution is -2.25. The smallest absolute Gasteiger partial charge is 0.240 e. The normalized spacial score (nSPS) is 11.8. The van der Waals surface area contributed by atoms with Crippen molar-refractivity contribution in [2.24, 2.45) is 5.73 Å². The van der Waals surface area contributed by atoms with E-state index >= 15 is 0 Å². The van der Waals surface area contributed by atoms with E-state index in [0.717, 1.165) is 24.0 Å². The minimum Gasteiger partial charge on any atom is -0.326 e. The summed E-state index contributed by atoms with van der Waals surface area (Å²) in [5, 5.41) is 0. The van der Waals surface area contributed by atoms with Crippen molar-refractivity contribution in [3.05, 3.63) is 29.3 Å². The van der Waals surface area contributed by atoms with E-state index in [4.69, 9.17) is 5.73 Å². The van der Waals surface area contributed by atoms with Crippen molar-refractivity contribution in [2.45, 2.75) is 63.8 Å². The fourth-order valence-electron chi connectivity index (χ4n) is 2.26. The van der Waals surface area contributed by atoms with Gasteiger partial charge in [-0.3, -0.25) is 0 Å². The summed E-state index contributed by atoms with van der Waals surface area (Å²) in [6.45, 7) is 5.00. The van der Waals surface area contributed by atoms with Gasteiger partial charge in [0.15, 0.2) is 0 Å². The molecule has 1 aromatic rings. The van der Waals surface area contributed by atoms with Crippen molar-refractivity contribution >= 4 is 10.0 Å². The first-order chi connectivity index (χ1) is 10.0. The first kappa shape index (κ1) is 18.1. The molecule has 0 amide bonds. The molecule has 21 heavy (non-hydrogen) atoms. The molecule has 5 heteroatoms. The molecule has 0 unspecified atom stereocenters. The van der Waals surface area contributed by atoms with E-state index in [9.17, 15) is 8.42 Å². The predicted octanol–water partition coefficient (Wildman–Crippen LogP) is 3.09. The van der Waals surface area contributed by atoms with Gasteiger partial charge in [0, 0.05) is 13.1 Å². The molecule has 0 aliphatic rings. The maximum atomic E-state index is 12.2. The summed E-state index contributed by atoms with van der Waals surface area (Å²) >= 11 is 0. The number of hydrogen-bond donors (Lipinski definition) is 2. The molecule has 0 spiro atoms.